The van der Waals surface area contributed by atoms with Crippen LogP contribution in [-0.2, 0) is 20.9 Å². The van der Waals surface area contributed by atoms with E-state index < -0.39 is 47.4 Å². The van der Waals surface area contributed by atoms with E-state index in [1.165, 1.54) is 0 Å². The van der Waals surface area contributed by atoms with Gasteiger partial charge >= 0.3 is 0 Å². The van der Waals surface area contributed by atoms with Crippen molar-refractivity contribution in [2.75, 3.05) is 18.4 Å². The van der Waals surface area contributed by atoms with Gasteiger partial charge in [0.25, 0.3) is 0 Å². The molecule has 3 amide bonds. The molecular formula is C20H18F3N3O3. The van der Waals surface area contributed by atoms with E-state index in [1.54, 1.807) is 4.90 Å². The van der Waals surface area contributed by atoms with Gasteiger partial charge in [0.15, 0.2) is 17.5 Å². The number of carbonyl (C=O) groups is 3. The van der Waals surface area contributed by atoms with Crippen molar-refractivity contribution in [1.82, 2.24) is 10.2 Å². The first-order valence-corrected chi connectivity index (χ1v) is 8.88. The Kier molecular flexibility index (Phi) is 6.16. The van der Waals surface area contributed by atoms with Gasteiger partial charge < -0.3 is 15.5 Å². The maximum absolute atomic E-state index is 13.6. The number of rotatable bonds is 6. The Hall–Kier alpha value is -3.36. The van der Waals surface area contributed by atoms with Gasteiger partial charge in [-0.3, -0.25) is 14.4 Å². The van der Waals surface area contributed by atoms with Crippen molar-refractivity contribution in [3.8, 4) is 0 Å². The second kappa shape index (κ2) is 8.76. The molecule has 29 heavy (non-hydrogen) atoms. The molecule has 2 aromatic carbocycles. The number of nitrogens with zero attached hydrogens (tertiary/aromatic N) is 1. The molecular weight excluding hydrogens is 387 g/mol. The number of anilines is 1. The SMILES string of the molecule is O=C(CNC(=O)C1CC(=O)N(Cc2ccccc2)C1)Nc1ccc(F)c(F)c1F. The highest BCUT2D eigenvalue weighted by Crippen LogP contribution is 2.21. The van der Waals surface area contributed by atoms with E-state index >= 15 is 0 Å². The van der Waals surface area contributed by atoms with E-state index in [1.807, 2.05) is 30.3 Å². The summed E-state index contributed by atoms with van der Waals surface area (Å²) in [6.45, 7) is 0.110. The van der Waals surface area contributed by atoms with E-state index in [0.717, 1.165) is 11.6 Å². The second-order valence-electron chi connectivity index (χ2n) is 6.65. The summed E-state index contributed by atoms with van der Waals surface area (Å²) in [5.41, 5.74) is 0.406. The Morgan fingerprint density at radius 3 is 2.48 bits per heavy atom. The Balaban J connectivity index is 1.50. The third kappa shape index (κ3) is 4.92. The van der Waals surface area contributed by atoms with Crippen LogP contribution < -0.4 is 10.6 Å². The van der Waals surface area contributed by atoms with E-state index in [9.17, 15) is 27.6 Å². The van der Waals surface area contributed by atoms with Crippen LogP contribution in [0.2, 0.25) is 0 Å². The largest absolute Gasteiger partial charge is 0.347 e. The fourth-order valence-corrected chi connectivity index (χ4v) is 3.03. The quantitative estimate of drug-likeness (QED) is 0.724. The average Bonchev–Trinajstić information content (AvgIpc) is 3.08. The maximum atomic E-state index is 13.6. The van der Waals surface area contributed by atoms with Gasteiger partial charge in [-0.15, -0.1) is 0 Å². The van der Waals surface area contributed by atoms with E-state index in [0.29, 0.717) is 12.6 Å². The van der Waals surface area contributed by atoms with Crippen LogP contribution in [0.3, 0.4) is 0 Å². The second-order valence-corrected chi connectivity index (χ2v) is 6.65. The van der Waals surface area contributed by atoms with Gasteiger partial charge in [0.1, 0.15) is 0 Å². The predicted molar refractivity (Wildman–Crippen MR) is 97.9 cm³/mol. The van der Waals surface area contributed by atoms with Crippen LogP contribution in [0.1, 0.15) is 12.0 Å². The van der Waals surface area contributed by atoms with Gasteiger partial charge in [-0.25, -0.2) is 13.2 Å². The Labute approximate surface area is 164 Å². The van der Waals surface area contributed by atoms with Crippen molar-refractivity contribution >= 4 is 23.4 Å². The Bertz CT molecular complexity index is 937. The molecule has 1 aliphatic rings. The van der Waals surface area contributed by atoms with E-state index in [-0.39, 0.29) is 18.9 Å². The van der Waals surface area contributed by atoms with Crippen LogP contribution in [0.15, 0.2) is 42.5 Å². The highest BCUT2D eigenvalue weighted by atomic mass is 19.2. The van der Waals surface area contributed by atoms with Crippen molar-refractivity contribution in [3.63, 3.8) is 0 Å². The van der Waals surface area contributed by atoms with Crippen molar-refractivity contribution in [1.29, 1.82) is 0 Å². The molecule has 1 aliphatic heterocycles. The molecule has 0 saturated carbocycles. The molecule has 1 saturated heterocycles. The zero-order valence-corrected chi connectivity index (χ0v) is 15.3. The number of likely N-dealkylation sites (tertiary alicyclic amines) is 1. The summed E-state index contributed by atoms with van der Waals surface area (Å²) < 4.78 is 39.7. The van der Waals surface area contributed by atoms with E-state index in [2.05, 4.69) is 10.6 Å². The molecule has 3 rings (SSSR count). The Morgan fingerprint density at radius 2 is 1.76 bits per heavy atom. The molecule has 0 bridgehead atoms. The lowest BCUT2D eigenvalue weighted by atomic mass is 10.1. The van der Waals surface area contributed by atoms with Gasteiger partial charge in [0, 0.05) is 19.5 Å². The molecule has 6 nitrogen and oxygen atoms in total. The highest BCUT2D eigenvalue weighted by molar-refractivity contribution is 5.96. The molecule has 1 heterocycles. The van der Waals surface area contributed by atoms with Gasteiger partial charge in [0.2, 0.25) is 17.7 Å². The summed E-state index contributed by atoms with van der Waals surface area (Å²) >= 11 is 0. The molecule has 0 aliphatic carbocycles. The van der Waals surface area contributed by atoms with Crippen LogP contribution >= 0.6 is 0 Å². The number of amides is 3. The molecule has 1 atom stereocenters. The normalized spacial score (nSPS) is 16.0. The summed E-state index contributed by atoms with van der Waals surface area (Å²) in [5, 5.41) is 4.44. The van der Waals surface area contributed by atoms with E-state index in [4.69, 9.17) is 0 Å². The first-order valence-electron chi connectivity index (χ1n) is 8.88. The van der Waals surface area contributed by atoms with Crippen LogP contribution in [0.4, 0.5) is 18.9 Å². The maximum Gasteiger partial charge on any atom is 0.243 e. The molecule has 2 aromatic rings. The van der Waals surface area contributed by atoms with Crippen molar-refractivity contribution < 1.29 is 27.6 Å². The van der Waals surface area contributed by atoms with Gasteiger partial charge in [-0.2, -0.15) is 0 Å². The van der Waals surface area contributed by atoms with Gasteiger partial charge in [-0.05, 0) is 17.7 Å². The third-order valence-electron chi connectivity index (χ3n) is 4.53. The number of hydrogen-bond donors (Lipinski definition) is 2. The van der Waals surface area contributed by atoms with Crippen molar-refractivity contribution in [2.45, 2.75) is 13.0 Å². The number of carbonyl (C=O) groups excluding carboxylic acids is 3. The van der Waals surface area contributed by atoms with Crippen molar-refractivity contribution in [2.24, 2.45) is 5.92 Å². The summed E-state index contributed by atoms with van der Waals surface area (Å²) in [4.78, 5) is 37.8. The number of hydrogen-bond acceptors (Lipinski definition) is 3. The fourth-order valence-electron chi connectivity index (χ4n) is 3.03. The van der Waals surface area contributed by atoms with Gasteiger partial charge in [-0.1, -0.05) is 30.3 Å². The smallest absolute Gasteiger partial charge is 0.243 e. The first kappa shape index (κ1) is 20.4. The minimum atomic E-state index is -1.70. The topological polar surface area (TPSA) is 78.5 Å². The van der Waals surface area contributed by atoms with Crippen LogP contribution in [0.5, 0.6) is 0 Å². The van der Waals surface area contributed by atoms with Crippen LogP contribution in [0, 0.1) is 23.4 Å². The lowest BCUT2D eigenvalue weighted by Gasteiger charge is -2.16. The molecule has 2 N–H and O–H groups in total. The molecule has 9 heteroatoms. The summed E-state index contributed by atoms with van der Waals surface area (Å²) in [6, 6.07) is 10.9. The summed E-state index contributed by atoms with van der Waals surface area (Å²) in [6.07, 6.45) is 0.0259. The number of nitrogens with one attached hydrogen (secondary N) is 2. The first-order chi connectivity index (χ1) is 13.8. The zero-order valence-electron chi connectivity index (χ0n) is 15.3. The molecule has 152 valence electrons. The molecule has 1 unspecified atom stereocenters. The number of benzene rings is 2. The predicted octanol–water partition coefficient (Wildman–Crippen LogP) is 2.21. The van der Waals surface area contributed by atoms with Crippen molar-refractivity contribution in [3.05, 3.63) is 65.5 Å². The minimum Gasteiger partial charge on any atom is -0.347 e. The monoisotopic (exact) mass is 405 g/mol. The van der Waals surface area contributed by atoms with Gasteiger partial charge in [0.05, 0.1) is 18.2 Å². The standard InChI is InChI=1S/C20H18F3N3O3/c21-14-6-7-15(19(23)18(14)22)25-16(27)9-24-20(29)13-8-17(28)26(11-13)10-12-4-2-1-3-5-12/h1-7,13H,8-11H2,(H,24,29)(H,25,27). The highest BCUT2D eigenvalue weighted by Gasteiger charge is 2.34. The molecule has 0 aromatic heterocycles. The molecule has 0 radical (unpaired) electrons. The third-order valence-corrected chi connectivity index (χ3v) is 4.53. The summed E-state index contributed by atoms with van der Waals surface area (Å²) in [7, 11) is 0. The van der Waals surface area contributed by atoms with Crippen LogP contribution in [0.25, 0.3) is 0 Å². The Morgan fingerprint density at radius 1 is 1.03 bits per heavy atom. The fraction of sp³-hybridized carbons (Fsp3) is 0.250. The molecule has 1 fully saturated rings. The number of halogens is 3. The molecule has 0 spiro atoms. The lowest BCUT2D eigenvalue weighted by molar-refractivity contribution is -0.129. The average molecular weight is 405 g/mol. The summed E-state index contributed by atoms with van der Waals surface area (Å²) in [5.74, 6) is -6.68. The minimum absolute atomic E-state index is 0.0259. The lowest BCUT2D eigenvalue weighted by Crippen LogP contribution is -2.38. The van der Waals surface area contributed by atoms with Crippen LogP contribution in [-0.4, -0.2) is 35.7 Å². The zero-order chi connectivity index (χ0) is 21.0.